The number of hydrogen-bond donors (Lipinski definition) is 1. The van der Waals surface area contributed by atoms with Crippen molar-refractivity contribution in [3.8, 4) is 0 Å². The predicted molar refractivity (Wildman–Crippen MR) is 91.2 cm³/mol. The van der Waals surface area contributed by atoms with Gasteiger partial charge >= 0.3 is 0 Å². The normalized spacial score (nSPS) is 38.4. The van der Waals surface area contributed by atoms with Gasteiger partial charge in [0.05, 0.1) is 0 Å². The lowest BCUT2D eigenvalue weighted by Crippen LogP contribution is -2.58. The van der Waals surface area contributed by atoms with E-state index >= 15 is 0 Å². The van der Waals surface area contributed by atoms with E-state index in [1.807, 2.05) is 33.1 Å². The molecule has 3 saturated heterocycles. The highest BCUT2D eigenvalue weighted by molar-refractivity contribution is 7.09. The number of ether oxygens (including phenoxy) is 5. The number of nitrogens with one attached hydrogen (secondary N) is 1. The maximum Gasteiger partial charge on any atom is 0.217 e. The molecule has 144 valence electrons. The number of fused-ring (bicyclic) bond motifs is 3. The lowest BCUT2D eigenvalue weighted by Gasteiger charge is -2.40. The van der Waals surface area contributed by atoms with Gasteiger partial charge in [-0.15, -0.1) is 11.3 Å². The van der Waals surface area contributed by atoms with Crippen molar-refractivity contribution in [3.63, 3.8) is 0 Å². The van der Waals surface area contributed by atoms with E-state index in [-0.39, 0.29) is 12.0 Å². The van der Waals surface area contributed by atoms with Crippen LogP contribution >= 0.6 is 11.3 Å². The zero-order valence-corrected chi connectivity index (χ0v) is 16.2. The molecule has 0 bridgehead atoms. The highest BCUT2D eigenvalue weighted by atomic mass is 32.1. The Bertz CT molecular complexity index is 679. The van der Waals surface area contributed by atoms with Gasteiger partial charge in [-0.1, -0.05) is 0 Å². The summed E-state index contributed by atoms with van der Waals surface area (Å²) in [5.74, 6) is -1.74. The van der Waals surface area contributed by atoms with E-state index < -0.39 is 42.2 Å². The number of hydrogen-bond acceptors (Lipinski definition) is 8. The molecule has 0 aliphatic carbocycles. The van der Waals surface area contributed by atoms with Gasteiger partial charge in [-0.05, 0) is 27.7 Å². The van der Waals surface area contributed by atoms with Gasteiger partial charge in [0.15, 0.2) is 17.9 Å². The molecule has 3 aliphatic rings. The fourth-order valence-electron chi connectivity index (χ4n) is 3.80. The van der Waals surface area contributed by atoms with E-state index in [1.165, 1.54) is 18.3 Å². The van der Waals surface area contributed by atoms with Gasteiger partial charge in [0, 0.05) is 18.5 Å². The number of rotatable bonds is 3. The molecule has 0 aromatic carbocycles. The molecule has 26 heavy (non-hydrogen) atoms. The van der Waals surface area contributed by atoms with Crippen molar-refractivity contribution in [2.24, 2.45) is 0 Å². The van der Waals surface area contributed by atoms with Crippen LogP contribution in [-0.4, -0.2) is 53.2 Å². The van der Waals surface area contributed by atoms with Crippen LogP contribution in [0.2, 0.25) is 0 Å². The van der Waals surface area contributed by atoms with E-state index in [1.54, 1.807) is 6.20 Å². The number of carbonyl (C=O) groups is 1. The third-order valence-electron chi connectivity index (χ3n) is 4.60. The molecule has 1 aromatic rings. The Morgan fingerprint density at radius 1 is 1.12 bits per heavy atom. The summed E-state index contributed by atoms with van der Waals surface area (Å²) >= 11 is 1.45. The molecule has 3 fully saturated rings. The standard InChI is InChI=1S/C17H24N2O6S/c1-8(20)19-9(14-18-6-7-26-14)10-11-12(23-16(2,3)22-11)13-15(21-10)25-17(4,5)24-13/h6-7,9-13,15H,1-5H3,(H,19,20)/t9-,10+,11-,12+,13+,15+/m1/s1. The summed E-state index contributed by atoms with van der Waals surface area (Å²) in [5, 5.41) is 5.55. The first-order valence-corrected chi connectivity index (χ1v) is 9.56. The molecule has 9 heteroatoms. The summed E-state index contributed by atoms with van der Waals surface area (Å²) in [4.78, 5) is 16.2. The van der Waals surface area contributed by atoms with Crippen molar-refractivity contribution < 1.29 is 28.5 Å². The van der Waals surface area contributed by atoms with Crippen molar-refractivity contribution in [1.29, 1.82) is 0 Å². The molecule has 3 aliphatic heterocycles. The monoisotopic (exact) mass is 384 g/mol. The third-order valence-corrected chi connectivity index (χ3v) is 5.45. The number of amides is 1. The average Bonchev–Trinajstić information content (AvgIpc) is 3.19. The Labute approximate surface area is 156 Å². The summed E-state index contributed by atoms with van der Waals surface area (Å²) in [5.41, 5.74) is 0. The van der Waals surface area contributed by atoms with E-state index in [9.17, 15) is 4.79 Å². The zero-order valence-electron chi connectivity index (χ0n) is 15.4. The molecule has 6 atom stereocenters. The average molecular weight is 384 g/mol. The first-order chi connectivity index (χ1) is 12.2. The maximum absolute atomic E-state index is 11.8. The van der Waals surface area contributed by atoms with Crippen LogP contribution in [0.5, 0.6) is 0 Å². The minimum atomic E-state index is -0.786. The van der Waals surface area contributed by atoms with Crippen LogP contribution in [-0.2, 0) is 28.5 Å². The summed E-state index contributed by atoms with van der Waals surface area (Å²) in [6.07, 6.45) is -0.620. The maximum atomic E-state index is 11.8. The lowest BCUT2D eigenvalue weighted by atomic mass is 9.94. The molecule has 1 amide bonds. The summed E-state index contributed by atoms with van der Waals surface area (Å²) in [7, 11) is 0. The second-order valence-corrected chi connectivity index (χ2v) is 8.61. The van der Waals surface area contributed by atoms with Crippen LogP contribution in [0, 0.1) is 0 Å². The van der Waals surface area contributed by atoms with Gasteiger partial charge in [-0.2, -0.15) is 0 Å². The van der Waals surface area contributed by atoms with Crippen molar-refractivity contribution in [2.45, 2.75) is 82.9 Å². The van der Waals surface area contributed by atoms with Crippen molar-refractivity contribution in [2.75, 3.05) is 0 Å². The van der Waals surface area contributed by atoms with Crippen molar-refractivity contribution in [3.05, 3.63) is 16.6 Å². The van der Waals surface area contributed by atoms with E-state index in [0.717, 1.165) is 5.01 Å². The second kappa shape index (κ2) is 6.22. The molecule has 8 nitrogen and oxygen atoms in total. The summed E-state index contributed by atoms with van der Waals surface area (Å²) < 4.78 is 30.4. The molecule has 0 unspecified atom stereocenters. The van der Waals surface area contributed by atoms with Crippen LogP contribution in [0.4, 0.5) is 0 Å². The third kappa shape index (κ3) is 3.28. The minimum Gasteiger partial charge on any atom is -0.344 e. The molecule has 0 spiro atoms. The molecule has 1 aromatic heterocycles. The Balaban J connectivity index is 1.69. The van der Waals surface area contributed by atoms with Gasteiger partial charge in [0.1, 0.15) is 35.5 Å². The van der Waals surface area contributed by atoms with Crippen LogP contribution in [0.1, 0.15) is 45.7 Å². The smallest absolute Gasteiger partial charge is 0.217 e. The Kier molecular flexibility index (Phi) is 4.37. The Morgan fingerprint density at radius 3 is 2.42 bits per heavy atom. The fourth-order valence-corrected chi connectivity index (χ4v) is 4.52. The molecule has 0 saturated carbocycles. The molecular weight excluding hydrogens is 360 g/mol. The largest absolute Gasteiger partial charge is 0.344 e. The van der Waals surface area contributed by atoms with E-state index in [4.69, 9.17) is 23.7 Å². The fraction of sp³-hybridized carbons (Fsp3) is 0.765. The first kappa shape index (κ1) is 18.3. The number of thiazole rings is 1. The molecule has 0 radical (unpaired) electrons. The second-order valence-electron chi connectivity index (χ2n) is 7.68. The zero-order chi connectivity index (χ0) is 18.7. The number of aromatic nitrogens is 1. The van der Waals surface area contributed by atoms with Gasteiger partial charge in [-0.25, -0.2) is 4.98 Å². The van der Waals surface area contributed by atoms with Gasteiger partial charge in [-0.3, -0.25) is 4.79 Å². The van der Waals surface area contributed by atoms with Gasteiger partial charge in [0.25, 0.3) is 0 Å². The van der Waals surface area contributed by atoms with Crippen LogP contribution in [0.15, 0.2) is 11.6 Å². The highest BCUT2D eigenvalue weighted by Gasteiger charge is 2.62. The SMILES string of the molecule is CC(=O)N[C@@H](c1nccs1)[C@@H]1O[C@H]2OC(C)(C)O[C@H]2[C@H]2OC(C)(C)O[C@@H]21. The van der Waals surface area contributed by atoms with E-state index in [2.05, 4.69) is 10.3 Å². The molecular formula is C17H24N2O6S. The van der Waals surface area contributed by atoms with Crippen molar-refractivity contribution in [1.82, 2.24) is 10.3 Å². The topological polar surface area (TPSA) is 88.1 Å². The lowest BCUT2D eigenvalue weighted by molar-refractivity contribution is -0.240. The Hall–Kier alpha value is -1.10. The number of carbonyl (C=O) groups excluding carboxylic acids is 1. The van der Waals surface area contributed by atoms with Crippen LogP contribution in [0.25, 0.3) is 0 Å². The summed E-state index contributed by atoms with van der Waals surface area (Å²) in [6, 6.07) is -0.467. The van der Waals surface area contributed by atoms with Crippen LogP contribution in [0.3, 0.4) is 0 Å². The Morgan fingerprint density at radius 2 is 1.77 bits per heavy atom. The molecule has 4 heterocycles. The van der Waals surface area contributed by atoms with Gasteiger partial charge < -0.3 is 29.0 Å². The molecule has 4 rings (SSSR count). The first-order valence-electron chi connectivity index (χ1n) is 8.68. The molecule has 1 N–H and O–H groups in total. The predicted octanol–water partition coefficient (Wildman–Crippen LogP) is 1.72. The van der Waals surface area contributed by atoms with Gasteiger partial charge in [0.2, 0.25) is 5.91 Å². The number of nitrogens with zero attached hydrogens (tertiary/aromatic N) is 1. The van der Waals surface area contributed by atoms with Crippen LogP contribution < -0.4 is 5.32 Å². The highest BCUT2D eigenvalue weighted by Crippen LogP contribution is 2.46. The van der Waals surface area contributed by atoms with E-state index in [0.29, 0.717) is 0 Å². The quantitative estimate of drug-likeness (QED) is 0.849. The summed E-state index contributed by atoms with van der Waals surface area (Å²) in [6.45, 7) is 8.86. The minimum absolute atomic E-state index is 0.172. The van der Waals surface area contributed by atoms with Crippen molar-refractivity contribution >= 4 is 17.2 Å².